The maximum absolute atomic E-state index is 13.7. The molecule has 0 bridgehead atoms. The Morgan fingerprint density at radius 2 is 1.77 bits per heavy atom. The van der Waals surface area contributed by atoms with Gasteiger partial charge in [-0.25, -0.2) is 9.97 Å². The highest BCUT2D eigenvalue weighted by atomic mass is 35.5. The van der Waals surface area contributed by atoms with Gasteiger partial charge in [0.25, 0.3) is 11.5 Å². The predicted molar refractivity (Wildman–Crippen MR) is 140 cm³/mol. The number of nitrogens with one attached hydrogen (secondary N) is 1. The summed E-state index contributed by atoms with van der Waals surface area (Å²) in [6.07, 6.45) is 0. The molecule has 1 aliphatic rings. The second-order valence-electron chi connectivity index (χ2n) is 8.14. The number of carbonyl (C=O) groups excluding carboxylic acids is 1. The summed E-state index contributed by atoms with van der Waals surface area (Å²) in [4.78, 5) is 37.2. The number of hydrazone groups is 1. The van der Waals surface area contributed by atoms with E-state index < -0.39 is 0 Å². The van der Waals surface area contributed by atoms with Crippen molar-refractivity contribution >= 4 is 66.6 Å². The minimum absolute atomic E-state index is 0.00633. The third-order valence-corrected chi connectivity index (χ3v) is 7.01. The molecule has 6 rings (SSSR count). The van der Waals surface area contributed by atoms with Crippen LogP contribution in [0.5, 0.6) is 0 Å². The quantitative estimate of drug-likeness (QED) is 0.344. The molecule has 0 aliphatic carbocycles. The van der Waals surface area contributed by atoms with Crippen LogP contribution in [0.3, 0.4) is 0 Å². The third kappa shape index (κ3) is 3.48. The van der Waals surface area contributed by atoms with Crippen LogP contribution in [0.2, 0.25) is 5.02 Å². The van der Waals surface area contributed by atoms with Gasteiger partial charge < -0.3 is 0 Å². The fourth-order valence-corrected chi connectivity index (χ4v) is 5.40. The van der Waals surface area contributed by atoms with Gasteiger partial charge in [0.15, 0.2) is 0 Å². The van der Waals surface area contributed by atoms with Gasteiger partial charge in [-0.15, -0.1) is 16.4 Å². The molecular weight excluding hydrogens is 484 g/mol. The van der Waals surface area contributed by atoms with E-state index in [1.165, 1.54) is 21.0 Å². The van der Waals surface area contributed by atoms with Gasteiger partial charge in [0.05, 0.1) is 5.69 Å². The van der Waals surface area contributed by atoms with Crippen LogP contribution >= 0.6 is 22.9 Å². The van der Waals surface area contributed by atoms with Crippen molar-refractivity contribution in [2.75, 3.05) is 10.4 Å². The van der Waals surface area contributed by atoms with Crippen molar-refractivity contribution in [1.29, 1.82) is 0 Å². The van der Waals surface area contributed by atoms with Crippen LogP contribution in [0, 0.1) is 13.8 Å². The molecule has 0 unspecified atom stereocenters. The van der Waals surface area contributed by atoms with Gasteiger partial charge in [-0.1, -0.05) is 41.9 Å². The average Bonchev–Trinajstić information content (AvgIpc) is 3.23. The van der Waals surface area contributed by atoms with E-state index >= 15 is 0 Å². The zero-order valence-corrected chi connectivity index (χ0v) is 20.2. The Labute approximate surface area is 208 Å². The van der Waals surface area contributed by atoms with E-state index in [4.69, 9.17) is 16.6 Å². The van der Waals surface area contributed by atoms with Crippen molar-refractivity contribution in [3.8, 4) is 0 Å². The van der Waals surface area contributed by atoms with E-state index in [0.29, 0.717) is 26.5 Å². The van der Waals surface area contributed by atoms with Crippen LogP contribution in [-0.2, 0) is 0 Å². The molecule has 0 radical (unpaired) electrons. The average molecular weight is 501 g/mol. The largest absolute Gasteiger partial charge is 0.292 e. The smallest absolute Gasteiger partial charge is 0.285 e. The van der Waals surface area contributed by atoms with Gasteiger partial charge in [0, 0.05) is 21.7 Å². The molecule has 4 heterocycles. The number of ketones is 1. The number of halogens is 1. The number of anilines is 2. The second kappa shape index (κ2) is 8.00. The zero-order chi connectivity index (χ0) is 24.3. The minimum atomic E-state index is -0.355. The molecule has 0 saturated carbocycles. The Morgan fingerprint density at radius 1 is 1.03 bits per heavy atom. The number of hydrogen-bond donors (Lipinski definition) is 1. The molecule has 35 heavy (non-hydrogen) atoms. The lowest BCUT2D eigenvalue weighted by molar-refractivity contribution is 0.106. The first kappa shape index (κ1) is 21.5. The van der Waals surface area contributed by atoms with Crippen LogP contribution in [-0.4, -0.2) is 26.3 Å². The number of aryl methyl sites for hydroxylation is 2. The van der Waals surface area contributed by atoms with Gasteiger partial charge in [0.2, 0.25) is 11.6 Å². The normalized spacial score (nSPS) is 13.0. The SMILES string of the molecule is Cc1cc(C)c2c(n1)sc1c(=O)n3c(nc12)N(c1ccc(Cl)cc1)N=C(C(=O)c1ccccc1)N3. The number of amidine groups is 1. The van der Waals surface area contributed by atoms with Gasteiger partial charge in [0.1, 0.15) is 15.0 Å². The number of fused-ring (bicyclic) bond motifs is 4. The second-order valence-corrected chi connectivity index (χ2v) is 9.57. The molecule has 0 spiro atoms. The number of Topliss-reactive ketones (excluding diaryl/α,β-unsaturated/α-hetero) is 1. The molecule has 0 fully saturated rings. The Hall–Kier alpha value is -4.08. The van der Waals surface area contributed by atoms with Gasteiger partial charge in [-0.2, -0.15) is 9.69 Å². The highest BCUT2D eigenvalue weighted by molar-refractivity contribution is 7.25. The molecular formula is C25H17ClN6O2S. The van der Waals surface area contributed by atoms with E-state index in [9.17, 15) is 9.59 Å². The van der Waals surface area contributed by atoms with E-state index in [1.54, 1.807) is 48.5 Å². The fourth-order valence-electron chi connectivity index (χ4n) is 4.11. The topological polar surface area (TPSA) is 92.5 Å². The summed E-state index contributed by atoms with van der Waals surface area (Å²) in [6.45, 7) is 3.90. The highest BCUT2D eigenvalue weighted by Crippen LogP contribution is 2.35. The maximum Gasteiger partial charge on any atom is 0.292 e. The summed E-state index contributed by atoms with van der Waals surface area (Å²) in [5.74, 6) is -0.131. The summed E-state index contributed by atoms with van der Waals surface area (Å²) in [5.41, 5.74) is 6.01. The Morgan fingerprint density at radius 3 is 2.51 bits per heavy atom. The first-order chi connectivity index (χ1) is 16.9. The van der Waals surface area contributed by atoms with E-state index in [-0.39, 0.29) is 23.1 Å². The summed E-state index contributed by atoms with van der Waals surface area (Å²) in [7, 11) is 0. The van der Waals surface area contributed by atoms with Gasteiger partial charge in [-0.05, 0) is 49.7 Å². The number of rotatable bonds is 3. The number of aromatic nitrogens is 3. The molecule has 2 aromatic carbocycles. The zero-order valence-electron chi connectivity index (χ0n) is 18.6. The number of benzene rings is 2. The van der Waals surface area contributed by atoms with Crippen LogP contribution in [0.25, 0.3) is 20.4 Å². The lowest BCUT2D eigenvalue weighted by atomic mass is 10.1. The molecule has 0 saturated heterocycles. The molecule has 5 aromatic rings. The monoisotopic (exact) mass is 500 g/mol. The van der Waals surface area contributed by atoms with Crippen molar-refractivity contribution in [3.05, 3.63) is 92.9 Å². The van der Waals surface area contributed by atoms with Crippen molar-refractivity contribution in [1.82, 2.24) is 14.6 Å². The standard InChI is InChI=1S/C25H17ClN6O2S/c1-13-12-14(2)27-23-18(13)19-21(35-23)24(34)32-25(28-19)31(17-10-8-16(26)9-11-17)29-22(30-32)20(33)15-6-4-3-5-7-15/h3-12H,1-2H3,(H,29,30). The molecule has 1 N–H and O–H groups in total. The van der Waals surface area contributed by atoms with Crippen molar-refractivity contribution in [2.24, 2.45) is 5.10 Å². The number of pyridine rings is 1. The van der Waals surface area contributed by atoms with Gasteiger partial charge >= 0.3 is 0 Å². The lowest BCUT2D eigenvalue weighted by Crippen LogP contribution is -2.44. The summed E-state index contributed by atoms with van der Waals surface area (Å²) < 4.78 is 1.71. The van der Waals surface area contributed by atoms with Crippen LogP contribution in [0.15, 0.2) is 70.6 Å². The molecule has 0 atom stereocenters. The Balaban J connectivity index is 1.62. The summed E-state index contributed by atoms with van der Waals surface area (Å²) >= 11 is 7.38. The molecule has 0 amide bonds. The first-order valence-electron chi connectivity index (χ1n) is 10.8. The predicted octanol–water partition coefficient (Wildman–Crippen LogP) is 5.17. The van der Waals surface area contributed by atoms with E-state index in [1.807, 2.05) is 26.0 Å². The minimum Gasteiger partial charge on any atom is -0.285 e. The third-order valence-electron chi connectivity index (χ3n) is 5.70. The molecule has 10 heteroatoms. The fraction of sp³-hybridized carbons (Fsp3) is 0.0800. The van der Waals surface area contributed by atoms with Crippen molar-refractivity contribution < 1.29 is 4.79 Å². The Kier molecular flexibility index (Phi) is 4.91. The Bertz CT molecular complexity index is 1740. The van der Waals surface area contributed by atoms with Crippen LogP contribution in [0.1, 0.15) is 21.6 Å². The van der Waals surface area contributed by atoms with Crippen LogP contribution in [0.4, 0.5) is 11.6 Å². The lowest BCUT2D eigenvalue weighted by Gasteiger charge is -2.28. The number of thiophene rings is 1. The number of carbonyl (C=O) groups is 1. The molecule has 3 aromatic heterocycles. The molecule has 8 nitrogen and oxygen atoms in total. The highest BCUT2D eigenvalue weighted by Gasteiger charge is 2.29. The molecule has 1 aliphatic heterocycles. The number of nitrogens with zero attached hydrogens (tertiary/aromatic N) is 5. The van der Waals surface area contributed by atoms with Crippen molar-refractivity contribution in [2.45, 2.75) is 13.8 Å². The summed E-state index contributed by atoms with van der Waals surface area (Å²) in [5, 5.41) is 7.42. The van der Waals surface area contributed by atoms with E-state index in [2.05, 4.69) is 15.5 Å². The van der Waals surface area contributed by atoms with Gasteiger partial charge in [-0.3, -0.25) is 15.0 Å². The first-order valence-corrected chi connectivity index (χ1v) is 11.9. The molecule has 172 valence electrons. The van der Waals surface area contributed by atoms with Crippen molar-refractivity contribution in [3.63, 3.8) is 0 Å². The van der Waals surface area contributed by atoms with Crippen LogP contribution < -0.4 is 16.0 Å². The van der Waals surface area contributed by atoms with E-state index in [0.717, 1.165) is 21.5 Å². The number of hydrogen-bond acceptors (Lipinski definition) is 8. The maximum atomic E-state index is 13.7. The summed E-state index contributed by atoms with van der Waals surface area (Å²) in [6, 6.07) is 17.7.